The van der Waals surface area contributed by atoms with Gasteiger partial charge in [-0.2, -0.15) is 0 Å². The molecule has 8 nitrogen and oxygen atoms in total. The second-order valence-electron chi connectivity index (χ2n) is 8.95. The summed E-state index contributed by atoms with van der Waals surface area (Å²) in [7, 11) is 1.29. The number of methoxy groups -OCH3 is 1. The van der Waals surface area contributed by atoms with Crippen LogP contribution in [-0.2, 0) is 23.9 Å². The smallest absolute Gasteiger partial charge is 0.316 e. The minimum absolute atomic E-state index is 0.0355. The quantitative estimate of drug-likeness (QED) is 0.399. The van der Waals surface area contributed by atoms with E-state index < -0.39 is 34.2 Å². The van der Waals surface area contributed by atoms with Crippen molar-refractivity contribution in [1.29, 1.82) is 0 Å². The van der Waals surface area contributed by atoms with Gasteiger partial charge < -0.3 is 24.4 Å². The van der Waals surface area contributed by atoms with E-state index >= 15 is 0 Å². The van der Waals surface area contributed by atoms with Crippen LogP contribution in [0.1, 0.15) is 53.9 Å². The number of carbonyl (C=O) groups excluding carboxylic acids is 3. The van der Waals surface area contributed by atoms with Crippen molar-refractivity contribution >= 4 is 17.9 Å². The van der Waals surface area contributed by atoms with Gasteiger partial charge in [-0.1, -0.05) is 6.92 Å². The number of aliphatic hydroxyl groups is 1. The van der Waals surface area contributed by atoms with E-state index in [0.29, 0.717) is 6.42 Å². The molecule has 0 spiro atoms. The van der Waals surface area contributed by atoms with E-state index in [9.17, 15) is 19.5 Å². The van der Waals surface area contributed by atoms with Gasteiger partial charge in [0, 0.05) is 0 Å². The van der Waals surface area contributed by atoms with Gasteiger partial charge in [-0.05, 0) is 71.2 Å². The molecular weight excluding hydrogens is 404 g/mol. The molecule has 1 rings (SSSR count). The fraction of sp³-hybridized carbons (Fsp3) is 0.609. The lowest BCUT2D eigenvalue weighted by Crippen LogP contribution is -2.44. The molecule has 2 atom stereocenters. The maximum atomic E-state index is 13.0. The average molecular weight is 439 g/mol. The molecule has 0 heterocycles. The zero-order valence-corrected chi connectivity index (χ0v) is 19.2. The Kier molecular flexibility index (Phi) is 9.05. The Morgan fingerprint density at radius 1 is 0.903 bits per heavy atom. The number of esters is 3. The monoisotopic (exact) mass is 438 g/mol. The minimum atomic E-state index is -1.23. The number of ether oxygens (including phenoxy) is 3. The van der Waals surface area contributed by atoms with Gasteiger partial charge in [0.25, 0.3) is 0 Å². The van der Waals surface area contributed by atoms with Crippen molar-refractivity contribution in [2.75, 3.05) is 20.3 Å². The molecule has 1 aromatic rings. The van der Waals surface area contributed by atoms with Gasteiger partial charge in [0.05, 0.1) is 30.0 Å². The molecule has 31 heavy (non-hydrogen) atoms. The van der Waals surface area contributed by atoms with Gasteiger partial charge in [-0.25, -0.2) is 0 Å². The SMILES string of the molecule is CCC(C)(CC(C)(CC(C)(C)C(=O)Oc1ccc(O)cc1)C(=O)OCCO)C(=O)OC. The maximum Gasteiger partial charge on any atom is 0.316 e. The molecule has 0 aliphatic rings. The third-order valence-electron chi connectivity index (χ3n) is 5.49. The van der Waals surface area contributed by atoms with Crippen LogP contribution in [0.5, 0.6) is 11.5 Å². The Bertz CT molecular complexity index is 770. The standard InChI is InChI=1S/C23H34O8/c1-7-22(4,19(27)29-6)15-23(5,20(28)30-13-12-24)14-21(2,3)18(26)31-17-10-8-16(25)9-11-17/h8-11,24-25H,7,12-15H2,1-6H3. The third-order valence-corrected chi connectivity index (χ3v) is 5.49. The number of aromatic hydroxyl groups is 1. The van der Waals surface area contributed by atoms with E-state index in [-0.39, 0.29) is 37.6 Å². The molecule has 0 radical (unpaired) electrons. The fourth-order valence-corrected chi connectivity index (χ4v) is 3.78. The lowest BCUT2D eigenvalue weighted by molar-refractivity contribution is -0.166. The van der Waals surface area contributed by atoms with Gasteiger partial charge in [-0.3, -0.25) is 14.4 Å². The lowest BCUT2D eigenvalue weighted by Gasteiger charge is -2.39. The molecule has 0 aliphatic heterocycles. The number of carbonyl (C=O) groups is 3. The summed E-state index contributed by atoms with van der Waals surface area (Å²) >= 11 is 0. The van der Waals surface area contributed by atoms with Crippen LogP contribution in [0.15, 0.2) is 24.3 Å². The third kappa shape index (κ3) is 6.95. The van der Waals surface area contributed by atoms with Gasteiger partial charge >= 0.3 is 17.9 Å². The Morgan fingerprint density at radius 3 is 1.97 bits per heavy atom. The number of hydrogen-bond acceptors (Lipinski definition) is 8. The van der Waals surface area contributed by atoms with Crippen LogP contribution in [0.2, 0.25) is 0 Å². The van der Waals surface area contributed by atoms with Crippen molar-refractivity contribution in [2.24, 2.45) is 16.2 Å². The van der Waals surface area contributed by atoms with E-state index in [1.54, 1.807) is 27.7 Å². The van der Waals surface area contributed by atoms with E-state index in [2.05, 4.69) is 0 Å². The molecular formula is C23H34O8. The summed E-state index contributed by atoms with van der Waals surface area (Å²) in [4.78, 5) is 38.3. The first-order valence-electron chi connectivity index (χ1n) is 10.2. The molecule has 8 heteroatoms. The van der Waals surface area contributed by atoms with Crippen molar-refractivity contribution in [1.82, 2.24) is 0 Å². The van der Waals surface area contributed by atoms with E-state index in [4.69, 9.17) is 19.3 Å². The number of benzene rings is 1. The van der Waals surface area contributed by atoms with Crippen LogP contribution in [-0.4, -0.2) is 48.4 Å². The highest BCUT2D eigenvalue weighted by Gasteiger charge is 2.49. The molecule has 0 bridgehead atoms. The molecule has 174 valence electrons. The van der Waals surface area contributed by atoms with E-state index in [1.807, 2.05) is 6.92 Å². The summed E-state index contributed by atoms with van der Waals surface area (Å²) in [5.74, 6) is -1.35. The topological polar surface area (TPSA) is 119 Å². The molecule has 0 fully saturated rings. The predicted molar refractivity (Wildman–Crippen MR) is 113 cm³/mol. The Balaban J connectivity index is 3.19. The highest BCUT2D eigenvalue weighted by atomic mass is 16.5. The summed E-state index contributed by atoms with van der Waals surface area (Å²) in [6.45, 7) is 7.94. The van der Waals surface area contributed by atoms with Gasteiger partial charge in [0.2, 0.25) is 0 Å². The van der Waals surface area contributed by atoms with Crippen molar-refractivity contribution in [3.63, 3.8) is 0 Å². The Morgan fingerprint density at radius 2 is 1.48 bits per heavy atom. The molecule has 2 N–H and O–H groups in total. The zero-order valence-electron chi connectivity index (χ0n) is 19.2. The first-order chi connectivity index (χ1) is 14.3. The van der Waals surface area contributed by atoms with Crippen LogP contribution in [0.25, 0.3) is 0 Å². The number of hydrogen-bond donors (Lipinski definition) is 2. The van der Waals surface area contributed by atoms with Crippen LogP contribution in [0, 0.1) is 16.2 Å². The predicted octanol–water partition coefficient (Wildman–Crippen LogP) is 3.24. The molecule has 1 aromatic carbocycles. The normalized spacial score (nSPS) is 15.3. The number of aliphatic hydroxyl groups excluding tert-OH is 1. The van der Waals surface area contributed by atoms with E-state index in [1.165, 1.54) is 31.4 Å². The van der Waals surface area contributed by atoms with Gasteiger partial charge in [0.15, 0.2) is 0 Å². The molecule has 0 amide bonds. The minimum Gasteiger partial charge on any atom is -0.508 e. The zero-order chi connectivity index (χ0) is 23.9. The van der Waals surface area contributed by atoms with Gasteiger partial charge in [0.1, 0.15) is 18.1 Å². The van der Waals surface area contributed by atoms with E-state index in [0.717, 1.165) is 0 Å². The Labute approximate surface area is 183 Å². The average Bonchev–Trinajstić information content (AvgIpc) is 2.72. The molecule has 0 saturated heterocycles. The van der Waals surface area contributed by atoms with Crippen LogP contribution >= 0.6 is 0 Å². The summed E-state index contributed by atoms with van der Waals surface area (Å²) in [6.07, 6.45) is 0.540. The highest BCUT2D eigenvalue weighted by molar-refractivity contribution is 5.83. The van der Waals surface area contributed by atoms with Crippen LogP contribution in [0.4, 0.5) is 0 Å². The molecule has 0 aromatic heterocycles. The lowest BCUT2D eigenvalue weighted by atomic mass is 9.65. The summed E-state index contributed by atoms with van der Waals surface area (Å²) in [5.41, 5.74) is -3.32. The Hall–Kier alpha value is -2.61. The van der Waals surface area contributed by atoms with Crippen molar-refractivity contribution in [2.45, 2.75) is 53.9 Å². The van der Waals surface area contributed by atoms with Crippen molar-refractivity contribution in [3.8, 4) is 11.5 Å². The first kappa shape index (κ1) is 26.4. The fourth-order valence-electron chi connectivity index (χ4n) is 3.78. The van der Waals surface area contributed by atoms with Crippen molar-refractivity contribution < 1.29 is 38.8 Å². The van der Waals surface area contributed by atoms with Crippen LogP contribution < -0.4 is 4.74 Å². The molecule has 0 saturated carbocycles. The number of phenolic OH excluding ortho intramolecular Hbond substituents is 1. The maximum absolute atomic E-state index is 13.0. The highest BCUT2D eigenvalue weighted by Crippen LogP contribution is 2.45. The van der Waals surface area contributed by atoms with Crippen LogP contribution in [0.3, 0.4) is 0 Å². The van der Waals surface area contributed by atoms with Crippen molar-refractivity contribution in [3.05, 3.63) is 24.3 Å². The number of phenols is 1. The second-order valence-corrected chi connectivity index (χ2v) is 8.95. The largest absolute Gasteiger partial charge is 0.508 e. The summed E-state index contributed by atoms with van der Waals surface area (Å²) in [5, 5.41) is 18.4. The summed E-state index contributed by atoms with van der Waals surface area (Å²) in [6, 6.07) is 5.72. The molecule has 2 unspecified atom stereocenters. The van der Waals surface area contributed by atoms with Gasteiger partial charge in [-0.15, -0.1) is 0 Å². The first-order valence-corrected chi connectivity index (χ1v) is 10.2. The molecule has 0 aliphatic carbocycles. The summed E-state index contributed by atoms with van der Waals surface area (Å²) < 4.78 is 15.6. The number of rotatable bonds is 11. The second kappa shape index (κ2) is 10.6.